The van der Waals surface area contributed by atoms with Crippen molar-refractivity contribution in [2.45, 2.75) is 25.5 Å². The Labute approximate surface area is 206 Å². The number of hydrogen-bond donors (Lipinski definition) is 3. The number of pyridine rings is 1. The average Bonchev–Trinajstić information content (AvgIpc) is 2.93. The third-order valence-electron chi connectivity index (χ3n) is 6.16. The molecule has 0 unspecified atom stereocenters. The van der Waals surface area contributed by atoms with Crippen molar-refractivity contribution in [2.75, 3.05) is 30.8 Å². The van der Waals surface area contributed by atoms with Crippen LogP contribution in [0.2, 0.25) is 0 Å². The van der Waals surface area contributed by atoms with E-state index in [9.17, 15) is 0 Å². The van der Waals surface area contributed by atoms with Gasteiger partial charge in [-0.15, -0.1) is 0 Å². The van der Waals surface area contributed by atoms with Gasteiger partial charge in [-0.1, -0.05) is 60.7 Å². The standard InChI is InChI=1S/C28H30N6O/c1-29-26-25(18-32-28(34-26)33-23-12-14-30-15-13-23)22-16-24(21-10-6-3-7-11-21)27(31-17-22)35-19-20-8-4-2-5-9-20/h2-11,16-18,23,30H,12-15,19H2,1H3,(H2,29,32,33,34). The summed E-state index contributed by atoms with van der Waals surface area (Å²) in [4.78, 5) is 14.1. The molecule has 7 heteroatoms. The number of aromatic nitrogens is 3. The number of rotatable bonds is 8. The summed E-state index contributed by atoms with van der Waals surface area (Å²) in [5.74, 6) is 2.00. The summed E-state index contributed by atoms with van der Waals surface area (Å²) in [5, 5.41) is 10.1. The van der Waals surface area contributed by atoms with Crippen LogP contribution in [0.3, 0.4) is 0 Å². The molecule has 7 nitrogen and oxygen atoms in total. The topological polar surface area (TPSA) is 84.0 Å². The van der Waals surface area contributed by atoms with Gasteiger partial charge in [-0.3, -0.25) is 0 Å². The van der Waals surface area contributed by atoms with E-state index in [4.69, 9.17) is 14.7 Å². The van der Waals surface area contributed by atoms with Crippen molar-refractivity contribution in [2.24, 2.45) is 0 Å². The fourth-order valence-corrected chi connectivity index (χ4v) is 4.27. The van der Waals surface area contributed by atoms with Crippen LogP contribution in [0.5, 0.6) is 5.88 Å². The largest absolute Gasteiger partial charge is 0.472 e. The Morgan fingerprint density at radius 2 is 1.63 bits per heavy atom. The predicted octanol–water partition coefficient (Wildman–Crippen LogP) is 4.99. The zero-order valence-electron chi connectivity index (χ0n) is 19.9. The minimum atomic E-state index is 0.388. The van der Waals surface area contributed by atoms with Gasteiger partial charge >= 0.3 is 0 Å². The molecule has 4 aromatic rings. The number of piperidine rings is 1. The number of anilines is 2. The number of benzene rings is 2. The van der Waals surface area contributed by atoms with E-state index >= 15 is 0 Å². The third kappa shape index (κ3) is 5.58. The van der Waals surface area contributed by atoms with Crippen LogP contribution in [-0.4, -0.2) is 41.1 Å². The van der Waals surface area contributed by atoms with Crippen LogP contribution >= 0.6 is 0 Å². The second-order valence-electron chi connectivity index (χ2n) is 8.59. The van der Waals surface area contributed by atoms with Gasteiger partial charge in [-0.2, -0.15) is 4.98 Å². The number of nitrogens with one attached hydrogen (secondary N) is 3. The molecule has 0 aliphatic carbocycles. The molecule has 3 heterocycles. The van der Waals surface area contributed by atoms with Crippen LogP contribution < -0.4 is 20.7 Å². The molecule has 35 heavy (non-hydrogen) atoms. The Bertz CT molecular complexity index is 1240. The van der Waals surface area contributed by atoms with Crippen LogP contribution in [0.25, 0.3) is 22.3 Å². The first kappa shape index (κ1) is 22.8. The molecule has 2 aromatic heterocycles. The lowest BCUT2D eigenvalue weighted by Crippen LogP contribution is -2.35. The van der Waals surface area contributed by atoms with Gasteiger partial charge in [-0.25, -0.2) is 9.97 Å². The minimum absolute atomic E-state index is 0.388. The smallest absolute Gasteiger partial charge is 0.224 e. The first-order valence-corrected chi connectivity index (χ1v) is 12.0. The van der Waals surface area contributed by atoms with Crippen molar-refractivity contribution in [1.82, 2.24) is 20.3 Å². The van der Waals surface area contributed by atoms with Crippen LogP contribution in [0, 0.1) is 0 Å². The summed E-state index contributed by atoms with van der Waals surface area (Å²) in [6, 6.07) is 22.8. The van der Waals surface area contributed by atoms with Crippen molar-refractivity contribution in [3.63, 3.8) is 0 Å². The quantitative estimate of drug-likeness (QED) is 0.337. The molecule has 0 amide bonds. The van der Waals surface area contributed by atoms with E-state index in [2.05, 4.69) is 39.1 Å². The first-order valence-electron chi connectivity index (χ1n) is 12.0. The minimum Gasteiger partial charge on any atom is -0.472 e. The Hall–Kier alpha value is -3.97. The molecule has 1 fully saturated rings. The Morgan fingerprint density at radius 3 is 2.37 bits per heavy atom. The van der Waals surface area contributed by atoms with Gasteiger partial charge in [0, 0.05) is 42.2 Å². The van der Waals surface area contributed by atoms with E-state index in [1.54, 1.807) is 0 Å². The molecule has 178 valence electrons. The van der Waals surface area contributed by atoms with Gasteiger partial charge in [0.15, 0.2) is 0 Å². The number of nitrogens with zero attached hydrogens (tertiary/aromatic N) is 3. The van der Waals surface area contributed by atoms with Crippen LogP contribution in [-0.2, 0) is 6.61 Å². The molecule has 0 radical (unpaired) electrons. The molecular weight excluding hydrogens is 436 g/mol. The normalized spacial score (nSPS) is 13.9. The highest BCUT2D eigenvalue weighted by molar-refractivity contribution is 5.80. The second-order valence-corrected chi connectivity index (χ2v) is 8.59. The van der Waals surface area contributed by atoms with Crippen molar-refractivity contribution in [1.29, 1.82) is 0 Å². The maximum absolute atomic E-state index is 6.16. The molecular formula is C28H30N6O. The molecule has 3 N–H and O–H groups in total. The van der Waals surface area contributed by atoms with E-state index in [0.717, 1.165) is 59.6 Å². The summed E-state index contributed by atoms with van der Waals surface area (Å²) in [5.41, 5.74) is 4.88. The van der Waals surface area contributed by atoms with Gasteiger partial charge in [0.05, 0.1) is 0 Å². The summed E-state index contributed by atoms with van der Waals surface area (Å²) in [6.45, 7) is 2.48. The molecule has 0 bridgehead atoms. The molecule has 1 saturated heterocycles. The maximum Gasteiger partial charge on any atom is 0.224 e. The van der Waals surface area contributed by atoms with E-state index in [1.165, 1.54) is 0 Å². The van der Waals surface area contributed by atoms with Crippen LogP contribution in [0.4, 0.5) is 11.8 Å². The van der Waals surface area contributed by atoms with Gasteiger partial charge in [0.25, 0.3) is 0 Å². The maximum atomic E-state index is 6.16. The Morgan fingerprint density at radius 1 is 0.886 bits per heavy atom. The molecule has 0 saturated carbocycles. The third-order valence-corrected chi connectivity index (χ3v) is 6.16. The van der Waals surface area contributed by atoms with Crippen molar-refractivity contribution < 1.29 is 4.74 Å². The zero-order chi connectivity index (χ0) is 23.9. The summed E-state index contributed by atoms with van der Waals surface area (Å²) in [7, 11) is 1.88. The SMILES string of the molecule is CNc1nc(NC2CCNCC2)ncc1-c1cnc(OCc2ccccc2)c(-c2ccccc2)c1. The van der Waals surface area contributed by atoms with E-state index in [-0.39, 0.29) is 0 Å². The molecule has 2 aromatic carbocycles. The van der Waals surface area contributed by atoms with E-state index in [1.807, 2.05) is 68.0 Å². The van der Waals surface area contributed by atoms with Gasteiger partial charge in [0.1, 0.15) is 12.4 Å². The van der Waals surface area contributed by atoms with Crippen molar-refractivity contribution in [3.05, 3.63) is 84.7 Å². The Balaban J connectivity index is 1.45. The molecule has 5 rings (SSSR count). The lowest BCUT2D eigenvalue weighted by Gasteiger charge is -2.24. The van der Waals surface area contributed by atoms with E-state index in [0.29, 0.717) is 24.5 Å². The molecule has 1 aliphatic heterocycles. The average molecular weight is 467 g/mol. The lowest BCUT2D eigenvalue weighted by molar-refractivity contribution is 0.295. The number of hydrogen-bond acceptors (Lipinski definition) is 7. The zero-order valence-corrected chi connectivity index (χ0v) is 19.9. The number of ether oxygens (including phenoxy) is 1. The molecule has 0 spiro atoms. The monoisotopic (exact) mass is 466 g/mol. The van der Waals surface area contributed by atoms with Gasteiger partial charge in [-0.05, 0) is 43.1 Å². The highest BCUT2D eigenvalue weighted by Crippen LogP contribution is 2.35. The highest BCUT2D eigenvalue weighted by atomic mass is 16.5. The van der Waals surface area contributed by atoms with Crippen molar-refractivity contribution >= 4 is 11.8 Å². The summed E-state index contributed by atoms with van der Waals surface area (Å²) >= 11 is 0. The Kier molecular flexibility index (Phi) is 7.15. The van der Waals surface area contributed by atoms with Crippen LogP contribution in [0.15, 0.2) is 79.1 Å². The fraction of sp³-hybridized carbons (Fsp3) is 0.250. The van der Waals surface area contributed by atoms with Gasteiger partial charge < -0.3 is 20.7 Å². The lowest BCUT2D eigenvalue weighted by atomic mass is 10.0. The highest BCUT2D eigenvalue weighted by Gasteiger charge is 2.17. The van der Waals surface area contributed by atoms with E-state index < -0.39 is 0 Å². The predicted molar refractivity (Wildman–Crippen MR) is 141 cm³/mol. The summed E-state index contributed by atoms with van der Waals surface area (Å²) < 4.78 is 6.16. The second kappa shape index (κ2) is 11.0. The first-order chi connectivity index (χ1) is 17.3. The molecule has 0 atom stereocenters. The van der Waals surface area contributed by atoms with Crippen LogP contribution in [0.1, 0.15) is 18.4 Å². The van der Waals surface area contributed by atoms with Crippen molar-refractivity contribution in [3.8, 4) is 28.1 Å². The molecule has 1 aliphatic rings. The van der Waals surface area contributed by atoms with Gasteiger partial charge in [0.2, 0.25) is 11.8 Å². The summed E-state index contributed by atoms with van der Waals surface area (Å²) in [6.07, 6.45) is 5.81. The fourth-order valence-electron chi connectivity index (χ4n) is 4.27.